The van der Waals surface area contributed by atoms with Crippen LogP contribution >= 0.6 is 56.8 Å². The van der Waals surface area contributed by atoms with Gasteiger partial charge in [-0.15, -0.1) is 0 Å². The molecule has 0 saturated heterocycles. The average molecular weight is 470 g/mol. The highest BCUT2D eigenvalue weighted by Crippen LogP contribution is 2.34. The fourth-order valence-corrected chi connectivity index (χ4v) is 1.87. The van der Waals surface area contributed by atoms with Crippen molar-refractivity contribution in [2.24, 2.45) is 0 Å². The zero-order valence-corrected chi connectivity index (χ0v) is 13.0. The number of carbonyl (C=O) groups excluding carboxylic acids is 1. The van der Waals surface area contributed by atoms with Gasteiger partial charge in [0.05, 0.1) is 0 Å². The molecule has 3 nitrogen and oxygen atoms in total. The molecule has 7 heteroatoms. The fraction of sp³-hybridized carbons (Fsp3) is 0.125. The zero-order chi connectivity index (χ0) is 11.6. The van der Waals surface area contributed by atoms with E-state index in [9.17, 15) is 9.00 Å². The Morgan fingerprint density at radius 2 is 1.80 bits per heavy atom. The molecule has 1 N–H and O–H groups in total. The molecule has 0 spiro atoms. The van der Waals surface area contributed by atoms with E-state index in [0.29, 0.717) is 10.6 Å². The maximum atomic E-state index is 11.8. The molecule has 1 rings (SSSR count). The van der Waals surface area contributed by atoms with E-state index in [1.165, 1.54) is 12.1 Å². The number of ketones is 1. The maximum absolute atomic E-state index is 11.8. The summed E-state index contributed by atoms with van der Waals surface area (Å²) < 4.78 is 18.6. The van der Waals surface area contributed by atoms with Crippen molar-refractivity contribution in [2.75, 3.05) is 0 Å². The van der Waals surface area contributed by atoms with Crippen LogP contribution in [0, 0.1) is 0 Å². The van der Waals surface area contributed by atoms with Gasteiger partial charge in [0.15, 0.2) is 11.1 Å². The summed E-state index contributed by atoms with van der Waals surface area (Å²) >= 11 is 6.76. The van der Waals surface area contributed by atoms with Crippen LogP contribution in [0.25, 0.3) is 0 Å². The van der Waals surface area contributed by atoms with E-state index < -0.39 is 17.6 Å². The third-order valence-corrected chi connectivity index (χ3v) is 5.71. The van der Waals surface area contributed by atoms with Gasteiger partial charge in [-0.1, -0.05) is 11.6 Å². The van der Waals surface area contributed by atoms with Crippen LogP contribution in [-0.2, 0) is 11.1 Å². The Labute approximate surface area is 122 Å². The third-order valence-electron chi connectivity index (χ3n) is 1.59. The second-order valence-corrected chi connectivity index (χ2v) is 10.9. The van der Waals surface area contributed by atoms with Gasteiger partial charge in [-0.2, -0.15) is 0 Å². The lowest BCUT2D eigenvalue weighted by atomic mass is 10.1. The number of Topliss-reactive ketones (excluding diaryl/α,β-unsaturated/α-hetero) is 1. The van der Waals surface area contributed by atoms with Gasteiger partial charge in [-0.25, -0.2) is 4.21 Å². The molecule has 1 unspecified atom stereocenters. The molecule has 1 atom stereocenters. The third kappa shape index (κ3) is 3.35. The average Bonchev–Trinajstić information content (AvgIpc) is 2.17. The summed E-state index contributed by atoms with van der Waals surface area (Å²) in [6.07, 6.45) is 0. The highest BCUT2D eigenvalue weighted by atomic mass is 127. The number of alkyl halides is 2. The van der Waals surface area contributed by atoms with Crippen molar-refractivity contribution in [1.29, 1.82) is 0 Å². The molecular weight excluding hydrogens is 465 g/mol. The van der Waals surface area contributed by atoms with Gasteiger partial charge in [0.2, 0.25) is 6.54 Å². The van der Waals surface area contributed by atoms with Gasteiger partial charge in [-0.3, -0.25) is 4.79 Å². The lowest BCUT2D eigenvalue weighted by Crippen LogP contribution is -2.29. The smallest absolute Gasteiger partial charge is 0.234 e. The second-order valence-electron chi connectivity index (χ2n) is 2.60. The summed E-state index contributed by atoms with van der Waals surface area (Å²) in [4.78, 5) is 11.8. The molecule has 15 heavy (non-hydrogen) atoms. The molecule has 1 aromatic carbocycles. The summed E-state index contributed by atoms with van der Waals surface area (Å²) in [5.41, 5.74) is 0.366. The van der Waals surface area contributed by atoms with Gasteiger partial charge < -0.3 is 4.55 Å². The van der Waals surface area contributed by atoms with Crippen molar-refractivity contribution in [3.8, 4) is 0 Å². The molecule has 1 aromatic rings. The minimum Gasteiger partial charge on any atom is -0.304 e. The number of benzene rings is 1. The van der Waals surface area contributed by atoms with Crippen molar-refractivity contribution in [1.82, 2.24) is 0 Å². The molecule has 0 aromatic heterocycles. The minimum absolute atomic E-state index is 0.366. The molecule has 0 saturated carbocycles. The topological polar surface area (TPSA) is 54.4 Å². The minimum atomic E-state index is -2.22. The molecule has 0 aliphatic rings. The van der Waals surface area contributed by atoms with Crippen LogP contribution in [0.3, 0.4) is 0 Å². The van der Waals surface area contributed by atoms with E-state index in [1.807, 2.05) is 0 Å². The molecule has 82 valence electrons. The Morgan fingerprint density at radius 3 is 2.20 bits per heavy atom. The standard InChI is InChI=1S/C8H5ClI2O3S/c9-6-3-1-5(2-4-6)7(12)8(10,11)15(13)14/h1-4H,(H,13,14). The largest absolute Gasteiger partial charge is 0.304 e. The Bertz CT molecular complexity index is 405. The van der Waals surface area contributed by atoms with Crippen LogP contribution in [0.15, 0.2) is 24.3 Å². The molecule has 0 aliphatic heterocycles. The van der Waals surface area contributed by atoms with E-state index in [1.54, 1.807) is 57.3 Å². The first-order valence-corrected chi connectivity index (χ1v) is 7.29. The predicted octanol–water partition coefficient (Wildman–Crippen LogP) is 3.27. The summed E-state index contributed by atoms with van der Waals surface area (Å²) in [7, 11) is 0. The predicted molar refractivity (Wildman–Crippen MR) is 77.3 cm³/mol. The van der Waals surface area contributed by atoms with Gasteiger partial charge in [0.25, 0.3) is 0 Å². The summed E-state index contributed by atoms with van der Waals surface area (Å²) in [6, 6.07) is 6.20. The van der Waals surface area contributed by atoms with Gasteiger partial charge in [0, 0.05) is 10.6 Å². The van der Waals surface area contributed by atoms with Gasteiger partial charge in [0.1, 0.15) is 0 Å². The molecule has 0 heterocycles. The molecule has 0 bridgehead atoms. The number of carbonyl (C=O) groups is 1. The summed E-state index contributed by atoms with van der Waals surface area (Å²) in [6.45, 7) is 0. The second kappa shape index (κ2) is 5.39. The van der Waals surface area contributed by atoms with Crippen LogP contribution in [-0.4, -0.2) is 15.3 Å². The van der Waals surface area contributed by atoms with Crippen molar-refractivity contribution in [3.63, 3.8) is 0 Å². The highest BCUT2D eigenvalue weighted by molar-refractivity contribution is 14.2. The SMILES string of the molecule is O=C(c1ccc(Cl)cc1)C(I)(I)S(=O)O. The maximum Gasteiger partial charge on any atom is 0.234 e. The van der Waals surface area contributed by atoms with Crippen LogP contribution < -0.4 is 0 Å². The Kier molecular flexibility index (Phi) is 4.96. The Morgan fingerprint density at radius 1 is 1.33 bits per heavy atom. The first kappa shape index (κ1) is 13.8. The van der Waals surface area contributed by atoms with Crippen molar-refractivity contribution in [3.05, 3.63) is 34.9 Å². The Hall–Kier alpha value is 0.750. The number of rotatable bonds is 3. The van der Waals surface area contributed by atoms with Gasteiger partial charge >= 0.3 is 0 Å². The van der Waals surface area contributed by atoms with E-state index >= 15 is 0 Å². The van der Waals surface area contributed by atoms with E-state index in [0.717, 1.165) is 0 Å². The quantitative estimate of drug-likeness (QED) is 0.319. The van der Waals surface area contributed by atoms with Crippen LogP contribution in [0.1, 0.15) is 10.4 Å². The molecular formula is C8H5ClI2O3S. The fourth-order valence-electron chi connectivity index (χ4n) is 0.849. The van der Waals surface area contributed by atoms with Crippen LogP contribution in [0.4, 0.5) is 0 Å². The van der Waals surface area contributed by atoms with E-state index in [4.69, 9.17) is 16.2 Å². The first-order valence-electron chi connectivity index (χ1n) is 3.65. The molecule has 0 fully saturated rings. The molecule has 0 amide bonds. The summed E-state index contributed by atoms with van der Waals surface area (Å²) in [5, 5.41) is 0.518. The van der Waals surface area contributed by atoms with Crippen molar-refractivity contribution < 1.29 is 13.6 Å². The Balaban J connectivity index is 3.05. The van der Waals surface area contributed by atoms with Crippen molar-refractivity contribution in [2.45, 2.75) is 0.760 Å². The van der Waals surface area contributed by atoms with Crippen LogP contribution in [0.2, 0.25) is 5.02 Å². The zero-order valence-electron chi connectivity index (χ0n) is 7.12. The number of halogens is 3. The number of hydrogen-bond acceptors (Lipinski definition) is 2. The first-order chi connectivity index (χ1) is 6.85. The van der Waals surface area contributed by atoms with E-state index in [-0.39, 0.29) is 0 Å². The monoisotopic (exact) mass is 470 g/mol. The van der Waals surface area contributed by atoms with E-state index in [2.05, 4.69) is 0 Å². The number of hydrogen-bond donors (Lipinski definition) is 1. The van der Waals surface area contributed by atoms with Crippen LogP contribution in [0.5, 0.6) is 0 Å². The van der Waals surface area contributed by atoms with Gasteiger partial charge in [-0.05, 0) is 69.4 Å². The highest BCUT2D eigenvalue weighted by Gasteiger charge is 2.39. The lowest BCUT2D eigenvalue weighted by Gasteiger charge is -2.14. The van der Waals surface area contributed by atoms with Crippen molar-refractivity contribution >= 4 is 73.6 Å². The lowest BCUT2D eigenvalue weighted by molar-refractivity contribution is 0.101. The normalized spacial score (nSPS) is 13.6. The molecule has 0 radical (unpaired) electrons. The summed E-state index contributed by atoms with van der Waals surface area (Å²) in [5.74, 6) is -0.402. The molecule has 0 aliphatic carbocycles.